The summed E-state index contributed by atoms with van der Waals surface area (Å²) < 4.78 is 4.89. The second-order valence-electron chi connectivity index (χ2n) is 5.77. The fourth-order valence-electron chi connectivity index (χ4n) is 2.62. The average molecular weight is 396 g/mol. The minimum absolute atomic E-state index is 0.364. The van der Waals surface area contributed by atoms with E-state index in [0.717, 1.165) is 31.7 Å². The number of nitrogens with two attached hydrogens (primary N) is 1. The zero-order valence-corrected chi connectivity index (χ0v) is 15.6. The maximum Gasteiger partial charge on any atom is 0.409 e. The van der Waals surface area contributed by atoms with E-state index in [2.05, 4.69) is 9.97 Å². The highest BCUT2D eigenvalue weighted by atomic mass is 35.5. The van der Waals surface area contributed by atoms with E-state index in [1.54, 1.807) is 30.0 Å². The van der Waals surface area contributed by atoms with Gasteiger partial charge in [-0.25, -0.2) is 9.78 Å². The lowest BCUT2D eigenvalue weighted by molar-refractivity contribution is 0.211. The third-order valence-electron chi connectivity index (χ3n) is 3.85. The molecule has 1 amide bonds. The number of rotatable bonds is 4. The van der Waals surface area contributed by atoms with Gasteiger partial charge in [0.05, 0.1) is 11.0 Å². The lowest BCUT2D eigenvalue weighted by Crippen LogP contribution is -2.16. The summed E-state index contributed by atoms with van der Waals surface area (Å²) in [7, 11) is 0. The molecule has 0 aliphatic heterocycles. The van der Waals surface area contributed by atoms with E-state index < -0.39 is 6.09 Å². The summed E-state index contributed by atoms with van der Waals surface area (Å²) in [5.74, 6) is 1.10. The van der Waals surface area contributed by atoms with Crippen molar-refractivity contribution in [3.8, 4) is 17.1 Å². The lowest BCUT2D eigenvalue weighted by atomic mass is 10.2. The van der Waals surface area contributed by atoms with Crippen molar-refractivity contribution in [2.75, 3.05) is 0 Å². The van der Waals surface area contributed by atoms with Gasteiger partial charge in [-0.05, 0) is 48.5 Å². The number of benzene rings is 3. The van der Waals surface area contributed by atoms with Crippen LogP contribution in [0.2, 0.25) is 5.02 Å². The molecule has 0 aliphatic rings. The third-order valence-corrected chi connectivity index (χ3v) is 5.12. The molecule has 3 N–H and O–H groups in total. The Morgan fingerprint density at radius 1 is 1.00 bits per heavy atom. The largest absolute Gasteiger partial charge is 0.410 e. The van der Waals surface area contributed by atoms with E-state index >= 15 is 0 Å². The van der Waals surface area contributed by atoms with Crippen LogP contribution in [0.5, 0.6) is 5.75 Å². The molecule has 0 fully saturated rings. The predicted octanol–water partition coefficient (Wildman–Crippen LogP) is 5.49. The fraction of sp³-hybridized carbons (Fsp3) is 0. The maximum absolute atomic E-state index is 10.9. The van der Waals surface area contributed by atoms with Crippen LogP contribution >= 0.6 is 23.4 Å². The van der Waals surface area contributed by atoms with Crippen molar-refractivity contribution < 1.29 is 9.53 Å². The minimum atomic E-state index is -0.848. The molecule has 0 saturated carbocycles. The second-order valence-corrected chi connectivity index (χ2v) is 7.35. The molecule has 4 rings (SSSR count). The number of carbonyl (C=O) groups excluding carboxylic acids is 1. The Morgan fingerprint density at radius 2 is 1.67 bits per heavy atom. The number of nitrogens with one attached hydrogen (secondary N) is 1. The van der Waals surface area contributed by atoms with E-state index in [4.69, 9.17) is 22.1 Å². The number of primary amides is 1. The number of halogens is 1. The molecule has 0 unspecified atom stereocenters. The monoisotopic (exact) mass is 395 g/mol. The number of aromatic amines is 1. The molecule has 134 valence electrons. The van der Waals surface area contributed by atoms with Crippen LogP contribution < -0.4 is 10.5 Å². The van der Waals surface area contributed by atoms with Gasteiger partial charge in [-0.15, -0.1) is 0 Å². The molecule has 1 heterocycles. The molecular weight excluding hydrogens is 382 g/mol. The number of hydrogen-bond acceptors (Lipinski definition) is 4. The molecule has 0 spiro atoms. The molecular formula is C20H14ClN3O2S. The number of H-pyrrole nitrogens is 1. The summed E-state index contributed by atoms with van der Waals surface area (Å²) in [4.78, 5) is 20.9. The van der Waals surface area contributed by atoms with Crippen molar-refractivity contribution in [3.05, 3.63) is 71.8 Å². The summed E-state index contributed by atoms with van der Waals surface area (Å²) in [6, 6.07) is 21.0. The molecule has 4 aromatic rings. The number of aromatic nitrogens is 2. The lowest BCUT2D eigenvalue weighted by Gasteiger charge is -2.03. The van der Waals surface area contributed by atoms with Gasteiger partial charge in [-0.2, -0.15) is 0 Å². The molecule has 5 nitrogen and oxygen atoms in total. The Kier molecular flexibility index (Phi) is 4.75. The van der Waals surface area contributed by atoms with Crippen LogP contribution in [0, 0.1) is 0 Å². The van der Waals surface area contributed by atoms with Crippen LogP contribution in [0.3, 0.4) is 0 Å². The Hall–Kier alpha value is -2.96. The van der Waals surface area contributed by atoms with Crippen LogP contribution in [-0.4, -0.2) is 16.1 Å². The Morgan fingerprint density at radius 3 is 2.33 bits per heavy atom. The first-order valence-electron chi connectivity index (χ1n) is 8.08. The minimum Gasteiger partial charge on any atom is -0.410 e. The van der Waals surface area contributed by atoms with Crippen molar-refractivity contribution in [1.29, 1.82) is 0 Å². The van der Waals surface area contributed by atoms with Gasteiger partial charge >= 0.3 is 6.09 Å². The molecule has 0 bridgehead atoms. The molecule has 1 aromatic heterocycles. The van der Waals surface area contributed by atoms with E-state index in [9.17, 15) is 4.79 Å². The van der Waals surface area contributed by atoms with Crippen LogP contribution in [0.4, 0.5) is 4.79 Å². The van der Waals surface area contributed by atoms with Crippen LogP contribution in [0.15, 0.2) is 76.5 Å². The average Bonchev–Trinajstić information content (AvgIpc) is 3.07. The molecule has 0 saturated heterocycles. The number of imidazole rings is 1. The van der Waals surface area contributed by atoms with Gasteiger partial charge in [0.1, 0.15) is 11.6 Å². The number of fused-ring (bicyclic) bond motifs is 1. The van der Waals surface area contributed by atoms with Crippen LogP contribution in [0.25, 0.3) is 22.4 Å². The van der Waals surface area contributed by atoms with Gasteiger partial charge in [0.15, 0.2) is 0 Å². The SMILES string of the molecule is NC(=O)Oc1ccc2[nH]c(-c3ccc(Sc4ccc(Cl)cc4)cc3)nc2c1. The summed E-state index contributed by atoms with van der Waals surface area (Å²) in [6.07, 6.45) is -0.848. The normalized spacial score (nSPS) is 10.9. The van der Waals surface area contributed by atoms with Gasteiger partial charge in [-0.3, -0.25) is 0 Å². The first kappa shape index (κ1) is 17.5. The van der Waals surface area contributed by atoms with Crippen molar-refractivity contribution in [2.24, 2.45) is 5.73 Å². The predicted molar refractivity (Wildman–Crippen MR) is 107 cm³/mol. The zero-order valence-electron chi connectivity index (χ0n) is 14.0. The number of amides is 1. The fourth-order valence-corrected chi connectivity index (χ4v) is 3.56. The Balaban J connectivity index is 1.56. The summed E-state index contributed by atoms with van der Waals surface area (Å²) in [5, 5.41) is 0.726. The van der Waals surface area contributed by atoms with Gasteiger partial charge in [-0.1, -0.05) is 35.5 Å². The van der Waals surface area contributed by atoms with E-state index in [0.29, 0.717) is 11.3 Å². The van der Waals surface area contributed by atoms with Crippen LogP contribution in [-0.2, 0) is 0 Å². The summed E-state index contributed by atoms with van der Waals surface area (Å²) >= 11 is 7.58. The Labute approximate surface area is 164 Å². The van der Waals surface area contributed by atoms with Crippen molar-refractivity contribution in [2.45, 2.75) is 9.79 Å². The molecule has 27 heavy (non-hydrogen) atoms. The van der Waals surface area contributed by atoms with Gasteiger partial charge < -0.3 is 15.5 Å². The number of ether oxygens (including phenoxy) is 1. The molecule has 0 aliphatic carbocycles. The first-order chi connectivity index (χ1) is 13.1. The van der Waals surface area contributed by atoms with E-state index in [1.165, 1.54) is 0 Å². The molecule has 0 radical (unpaired) electrons. The number of hydrogen-bond donors (Lipinski definition) is 2. The Bertz CT molecular complexity index is 1110. The highest BCUT2D eigenvalue weighted by Gasteiger charge is 2.08. The number of carbonyl (C=O) groups is 1. The smallest absolute Gasteiger partial charge is 0.409 e. The highest BCUT2D eigenvalue weighted by Crippen LogP contribution is 2.30. The van der Waals surface area contributed by atoms with Crippen molar-refractivity contribution in [1.82, 2.24) is 9.97 Å². The summed E-state index contributed by atoms with van der Waals surface area (Å²) in [5.41, 5.74) is 7.55. The van der Waals surface area contributed by atoms with Crippen molar-refractivity contribution >= 4 is 40.5 Å². The summed E-state index contributed by atoms with van der Waals surface area (Å²) in [6.45, 7) is 0. The molecule has 3 aromatic carbocycles. The van der Waals surface area contributed by atoms with Crippen molar-refractivity contribution in [3.63, 3.8) is 0 Å². The second kappa shape index (κ2) is 7.34. The third kappa shape index (κ3) is 4.07. The van der Waals surface area contributed by atoms with Gasteiger partial charge in [0.25, 0.3) is 0 Å². The number of nitrogens with zero attached hydrogens (tertiary/aromatic N) is 1. The quantitative estimate of drug-likeness (QED) is 0.478. The molecule has 0 atom stereocenters. The standard InChI is InChI=1S/C20H14ClN3O2S/c21-13-3-8-16(9-4-13)27-15-6-1-12(2-7-15)19-23-17-10-5-14(26-20(22)25)11-18(17)24-19/h1-11H,(H2,22,25)(H,23,24). The first-order valence-corrected chi connectivity index (χ1v) is 9.27. The van der Waals surface area contributed by atoms with Gasteiger partial charge in [0, 0.05) is 26.4 Å². The van der Waals surface area contributed by atoms with E-state index in [-0.39, 0.29) is 0 Å². The van der Waals surface area contributed by atoms with E-state index in [1.807, 2.05) is 48.5 Å². The highest BCUT2D eigenvalue weighted by molar-refractivity contribution is 7.99. The topological polar surface area (TPSA) is 81.0 Å². The van der Waals surface area contributed by atoms with Crippen LogP contribution in [0.1, 0.15) is 0 Å². The zero-order chi connectivity index (χ0) is 18.8. The van der Waals surface area contributed by atoms with Gasteiger partial charge in [0.2, 0.25) is 0 Å². The maximum atomic E-state index is 10.9. The molecule has 7 heteroatoms.